The quantitative estimate of drug-likeness (QED) is 0.358. The number of fused-ring (bicyclic) bond motifs is 3. The highest BCUT2D eigenvalue weighted by Crippen LogP contribution is 2.58. The fourth-order valence-electron chi connectivity index (χ4n) is 6.70. The molecular weight excluding hydrogens is 506 g/mol. The number of carbonyl (C=O) groups is 1. The summed E-state index contributed by atoms with van der Waals surface area (Å²) in [5, 5.41) is 8.52. The van der Waals surface area contributed by atoms with Gasteiger partial charge in [0.25, 0.3) is 5.89 Å². The molecule has 3 heterocycles. The number of hydrogen-bond donors (Lipinski definition) is 0. The van der Waals surface area contributed by atoms with Crippen LogP contribution in [-0.4, -0.2) is 45.9 Å². The molecule has 3 aromatic rings. The Morgan fingerprint density at radius 2 is 1.73 bits per heavy atom. The van der Waals surface area contributed by atoms with E-state index >= 15 is 0 Å². The van der Waals surface area contributed by atoms with E-state index in [1.165, 1.54) is 0 Å². The number of anilines is 1. The summed E-state index contributed by atoms with van der Waals surface area (Å²) in [7, 11) is 0. The minimum Gasteiger partial charge on any atom is -0.379 e. The Morgan fingerprint density at radius 3 is 2.33 bits per heavy atom. The predicted molar refractivity (Wildman–Crippen MR) is 148 cm³/mol. The SMILES string of the molecule is CC1(C(=O)N(CC23CCC(c4nc(C(C)(C)C)no4)(CC2)CC3)c2cccc(-c3nc(C4CC4)no3)c2)COC1. The van der Waals surface area contributed by atoms with E-state index in [0.29, 0.717) is 31.6 Å². The molecular formula is C31H39N5O4. The van der Waals surface area contributed by atoms with Gasteiger partial charge in [-0.2, -0.15) is 9.97 Å². The van der Waals surface area contributed by atoms with Gasteiger partial charge in [-0.15, -0.1) is 0 Å². The zero-order chi connectivity index (χ0) is 27.8. The second-order valence-corrected chi connectivity index (χ2v) is 14.2. The van der Waals surface area contributed by atoms with Crippen molar-refractivity contribution in [3.05, 3.63) is 41.8 Å². The van der Waals surface area contributed by atoms with Crippen LogP contribution in [0, 0.1) is 10.8 Å². The first kappa shape index (κ1) is 25.9. The lowest BCUT2D eigenvalue weighted by Gasteiger charge is -2.54. The lowest BCUT2D eigenvalue weighted by atomic mass is 9.53. The van der Waals surface area contributed by atoms with Crippen molar-refractivity contribution in [2.75, 3.05) is 24.7 Å². The maximum absolute atomic E-state index is 14.1. The van der Waals surface area contributed by atoms with E-state index in [2.05, 4.69) is 36.1 Å². The summed E-state index contributed by atoms with van der Waals surface area (Å²) >= 11 is 0. The molecule has 9 heteroatoms. The summed E-state index contributed by atoms with van der Waals surface area (Å²) in [5.41, 5.74) is 1.10. The number of ether oxygens (including phenoxy) is 1. The molecule has 2 bridgehead atoms. The average molecular weight is 546 g/mol. The number of benzene rings is 1. The summed E-state index contributed by atoms with van der Waals surface area (Å²) in [6.07, 6.45) is 8.36. The van der Waals surface area contributed by atoms with Crippen molar-refractivity contribution in [3.8, 4) is 11.5 Å². The molecule has 9 nitrogen and oxygen atoms in total. The fourth-order valence-corrected chi connectivity index (χ4v) is 6.70. The van der Waals surface area contributed by atoms with Gasteiger partial charge in [0.2, 0.25) is 11.8 Å². The number of hydrogen-bond acceptors (Lipinski definition) is 8. The Morgan fingerprint density at radius 1 is 1.00 bits per heavy atom. The van der Waals surface area contributed by atoms with E-state index in [-0.39, 0.29) is 22.2 Å². The molecule has 0 N–H and O–H groups in total. The molecule has 1 aromatic carbocycles. The Hall–Kier alpha value is -3.07. The van der Waals surface area contributed by atoms with E-state index in [1.807, 2.05) is 36.1 Å². The van der Waals surface area contributed by atoms with Crippen LogP contribution in [0.2, 0.25) is 0 Å². The molecule has 8 rings (SSSR count). The second kappa shape index (κ2) is 8.96. The second-order valence-electron chi connectivity index (χ2n) is 14.2. The van der Waals surface area contributed by atoms with Crippen LogP contribution in [0.5, 0.6) is 0 Å². The normalized spacial score (nSPS) is 27.4. The van der Waals surface area contributed by atoms with Crippen molar-refractivity contribution < 1.29 is 18.6 Å². The summed E-state index contributed by atoms with van der Waals surface area (Å²) < 4.78 is 17.0. The van der Waals surface area contributed by atoms with Crippen molar-refractivity contribution in [1.82, 2.24) is 20.3 Å². The first-order valence-electron chi connectivity index (χ1n) is 14.8. The highest BCUT2D eigenvalue weighted by molar-refractivity contribution is 5.98. The van der Waals surface area contributed by atoms with Gasteiger partial charge >= 0.3 is 0 Å². The van der Waals surface area contributed by atoms with Crippen molar-refractivity contribution in [2.45, 2.75) is 95.8 Å². The van der Waals surface area contributed by atoms with Crippen molar-refractivity contribution in [3.63, 3.8) is 0 Å². The number of aromatic nitrogens is 4. The predicted octanol–water partition coefficient (Wildman–Crippen LogP) is 5.96. The first-order valence-corrected chi connectivity index (χ1v) is 14.8. The molecule has 1 amide bonds. The topological polar surface area (TPSA) is 107 Å². The number of carbonyl (C=O) groups excluding carboxylic acids is 1. The van der Waals surface area contributed by atoms with E-state index < -0.39 is 5.41 Å². The van der Waals surface area contributed by atoms with Crippen LogP contribution in [-0.2, 0) is 20.4 Å². The van der Waals surface area contributed by atoms with Gasteiger partial charge in [-0.25, -0.2) is 0 Å². The van der Waals surface area contributed by atoms with Gasteiger partial charge in [-0.3, -0.25) is 4.79 Å². The molecule has 0 atom stereocenters. The number of rotatable bonds is 7. The van der Waals surface area contributed by atoms with Crippen LogP contribution in [0.4, 0.5) is 5.69 Å². The van der Waals surface area contributed by atoms with Gasteiger partial charge in [0.15, 0.2) is 11.6 Å². The summed E-state index contributed by atoms with van der Waals surface area (Å²) in [5.74, 6) is 3.43. The zero-order valence-corrected chi connectivity index (χ0v) is 24.0. The van der Waals surface area contributed by atoms with Crippen molar-refractivity contribution in [1.29, 1.82) is 0 Å². The minimum atomic E-state index is -0.503. The van der Waals surface area contributed by atoms with Gasteiger partial charge in [-0.1, -0.05) is 37.2 Å². The van der Waals surface area contributed by atoms with Gasteiger partial charge < -0.3 is 18.7 Å². The van der Waals surface area contributed by atoms with Gasteiger partial charge in [0.05, 0.1) is 18.6 Å². The Labute approximate surface area is 235 Å². The molecule has 0 radical (unpaired) electrons. The summed E-state index contributed by atoms with van der Waals surface area (Å²) in [6.45, 7) is 9.97. The molecule has 0 spiro atoms. The molecule has 4 saturated carbocycles. The van der Waals surface area contributed by atoms with Crippen LogP contribution in [0.25, 0.3) is 11.5 Å². The summed E-state index contributed by atoms with van der Waals surface area (Å²) in [4.78, 5) is 25.6. The molecule has 5 fully saturated rings. The highest BCUT2D eigenvalue weighted by atomic mass is 16.5. The molecule has 40 heavy (non-hydrogen) atoms. The molecule has 212 valence electrons. The molecule has 5 aliphatic rings. The maximum atomic E-state index is 14.1. The van der Waals surface area contributed by atoms with Crippen molar-refractivity contribution in [2.24, 2.45) is 10.8 Å². The molecule has 4 aliphatic carbocycles. The molecule has 1 saturated heterocycles. The zero-order valence-electron chi connectivity index (χ0n) is 24.0. The Kier molecular flexibility index (Phi) is 5.80. The maximum Gasteiger partial charge on any atom is 0.258 e. The van der Waals surface area contributed by atoms with Crippen LogP contribution < -0.4 is 4.90 Å². The van der Waals surface area contributed by atoms with E-state index in [4.69, 9.17) is 18.8 Å². The highest BCUT2D eigenvalue weighted by Gasteiger charge is 2.54. The fraction of sp³-hybridized carbons (Fsp3) is 0.645. The molecule has 0 unspecified atom stereocenters. The van der Waals surface area contributed by atoms with Crippen LogP contribution in [0.3, 0.4) is 0 Å². The third-order valence-corrected chi connectivity index (χ3v) is 9.84. The van der Waals surface area contributed by atoms with E-state index in [0.717, 1.165) is 80.2 Å². The van der Waals surface area contributed by atoms with Crippen LogP contribution in [0.1, 0.15) is 103 Å². The average Bonchev–Trinajstić information content (AvgIpc) is 3.43. The monoisotopic (exact) mass is 545 g/mol. The van der Waals surface area contributed by atoms with E-state index in [1.54, 1.807) is 0 Å². The van der Waals surface area contributed by atoms with E-state index in [9.17, 15) is 4.79 Å². The Bertz CT molecular complexity index is 1400. The van der Waals surface area contributed by atoms with Crippen molar-refractivity contribution >= 4 is 11.6 Å². The lowest BCUT2D eigenvalue weighted by Crippen LogP contribution is -2.57. The number of amides is 1. The van der Waals surface area contributed by atoms with Gasteiger partial charge in [0.1, 0.15) is 0 Å². The largest absolute Gasteiger partial charge is 0.379 e. The molecule has 2 aromatic heterocycles. The lowest BCUT2D eigenvalue weighted by molar-refractivity contribution is -0.155. The number of nitrogens with zero attached hydrogens (tertiary/aromatic N) is 5. The standard InChI is InChI=1S/C31H39N5O4/c1-28(2,3)25-33-26(40-35-25)31-13-10-30(11-14-31,12-15-31)17-36(27(37)29(4)18-38-19-29)22-7-5-6-21(16-22)24-32-23(34-39-24)20-8-9-20/h5-7,16,20H,8-15,17-19H2,1-4H3. The third kappa shape index (κ3) is 4.37. The Balaban J connectivity index is 1.15. The third-order valence-electron chi connectivity index (χ3n) is 9.84. The van der Waals surface area contributed by atoms with Gasteiger partial charge in [0, 0.05) is 34.5 Å². The summed E-state index contributed by atoms with van der Waals surface area (Å²) in [6, 6.07) is 8.03. The minimum absolute atomic E-state index is 0.0436. The van der Waals surface area contributed by atoms with Crippen LogP contribution in [0.15, 0.2) is 33.3 Å². The smallest absolute Gasteiger partial charge is 0.258 e. The van der Waals surface area contributed by atoms with Crippen LogP contribution >= 0.6 is 0 Å². The van der Waals surface area contributed by atoms with Gasteiger partial charge in [-0.05, 0) is 81.9 Å². The first-order chi connectivity index (χ1) is 19.1. The molecule has 1 aliphatic heterocycles.